The van der Waals surface area contributed by atoms with Crippen LogP contribution in [0.4, 0.5) is 5.82 Å². The highest BCUT2D eigenvalue weighted by molar-refractivity contribution is 6.29. The van der Waals surface area contributed by atoms with E-state index in [2.05, 4.69) is 21.0 Å². The summed E-state index contributed by atoms with van der Waals surface area (Å²) in [5, 5.41) is 7.83. The van der Waals surface area contributed by atoms with Gasteiger partial charge in [-0.05, 0) is 43.2 Å². The van der Waals surface area contributed by atoms with Crippen molar-refractivity contribution in [3.8, 4) is 0 Å². The summed E-state index contributed by atoms with van der Waals surface area (Å²) in [6, 6.07) is 3.28. The maximum absolute atomic E-state index is 12.0. The number of anilines is 1. The van der Waals surface area contributed by atoms with E-state index < -0.39 is 0 Å². The second-order valence-electron chi connectivity index (χ2n) is 5.57. The lowest BCUT2D eigenvalue weighted by atomic mass is 9.58. The molecule has 108 valence electrons. The Morgan fingerprint density at radius 3 is 2.70 bits per heavy atom. The maximum atomic E-state index is 12.0. The van der Waals surface area contributed by atoms with E-state index in [0.717, 1.165) is 38.9 Å². The summed E-state index contributed by atoms with van der Waals surface area (Å²) in [6.45, 7) is 1.65. The average Bonchev–Trinajstić information content (AvgIpc) is 2.44. The van der Waals surface area contributed by atoms with E-state index in [1.54, 1.807) is 12.1 Å². The number of nitrogens with one attached hydrogen (secondary N) is 2. The molecule has 0 unspecified atom stereocenters. The molecule has 2 aliphatic rings. The Hall–Kier alpha value is -1.40. The monoisotopic (exact) mass is 296 g/mol. The number of hydrazine groups is 1. The van der Waals surface area contributed by atoms with Crippen LogP contribution >= 0.6 is 11.6 Å². The minimum atomic E-state index is 0.0128. The van der Waals surface area contributed by atoms with Gasteiger partial charge in [-0.2, -0.15) is 0 Å². The minimum absolute atomic E-state index is 0.0128. The molecular formula is C13H17ClN4O2. The Balaban J connectivity index is 1.45. The van der Waals surface area contributed by atoms with Gasteiger partial charge in [0.25, 0.3) is 0 Å². The quantitative estimate of drug-likeness (QED) is 0.832. The molecule has 2 heterocycles. The molecule has 2 N–H and O–H groups in total. The largest absolute Gasteiger partial charge is 0.381 e. The van der Waals surface area contributed by atoms with Gasteiger partial charge in [0.1, 0.15) is 0 Å². The Kier molecular flexibility index (Phi) is 3.76. The van der Waals surface area contributed by atoms with E-state index >= 15 is 0 Å². The van der Waals surface area contributed by atoms with Crippen molar-refractivity contribution in [2.75, 3.05) is 18.6 Å². The molecule has 0 radical (unpaired) electrons. The van der Waals surface area contributed by atoms with Crippen LogP contribution in [0.2, 0.25) is 5.15 Å². The van der Waals surface area contributed by atoms with Crippen molar-refractivity contribution < 1.29 is 9.53 Å². The Labute approximate surface area is 122 Å². The van der Waals surface area contributed by atoms with Crippen molar-refractivity contribution in [3.05, 3.63) is 17.3 Å². The number of halogens is 1. The highest BCUT2D eigenvalue weighted by Crippen LogP contribution is 2.52. The van der Waals surface area contributed by atoms with Gasteiger partial charge in [-0.15, -0.1) is 10.2 Å². The van der Waals surface area contributed by atoms with Gasteiger partial charge >= 0.3 is 0 Å². The topological polar surface area (TPSA) is 76.1 Å². The third-order valence-electron chi connectivity index (χ3n) is 4.23. The fraction of sp³-hybridized carbons (Fsp3) is 0.615. The molecule has 1 spiro atoms. The zero-order valence-electron chi connectivity index (χ0n) is 11.1. The van der Waals surface area contributed by atoms with Crippen LogP contribution < -0.4 is 10.9 Å². The smallest absolute Gasteiger partial charge is 0.241 e. The summed E-state index contributed by atoms with van der Waals surface area (Å²) in [5.74, 6) is 0.572. The SMILES string of the molecule is O=C(NNc1ccc(Cl)nn1)C1CC2(CCOCC2)C1. The number of nitrogens with zero attached hydrogens (tertiary/aromatic N) is 2. The van der Waals surface area contributed by atoms with E-state index in [4.69, 9.17) is 16.3 Å². The highest BCUT2D eigenvalue weighted by atomic mass is 35.5. The number of aromatic nitrogens is 2. The van der Waals surface area contributed by atoms with Crippen molar-refractivity contribution in [2.45, 2.75) is 25.7 Å². The molecule has 1 saturated carbocycles. The third kappa shape index (κ3) is 2.86. The van der Waals surface area contributed by atoms with E-state index in [1.165, 1.54) is 0 Å². The van der Waals surface area contributed by atoms with Crippen molar-refractivity contribution in [3.63, 3.8) is 0 Å². The number of amides is 1. The number of carbonyl (C=O) groups excluding carboxylic acids is 1. The summed E-state index contributed by atoms with van der Waals surface area (Å²) in [6.07, 6.45) is 4.06. The standard InChI is InChI=1S/C13H17ClN4O2/c14-10-1-2-11(16-15-10)17-18-12(19)9-7-13(8-9)3-5-20-6-4-13/h1-2,9H,3-8H2,(H,16,17)(H,18,19). The van der Waals surface area contributed by atoms with E-state index in [-0.39, 0.29) is 11.8 Å². The van der Waals surface area contributed by atoms with Gasteiger partial charge in [0.05, 0.1) is 0 Å². The molecule has 1 aromatic heterocycles. The molecule has 1 aliphatic heterocycles. The van der Waals surface area contributed by atoms with Crippen LogP contribution in [0.25, 0.3) is 0 Å². The molecule has 1 saturated heterocycles. The lowest BCUT2D eigenvalue weighted by Gasteiger charge is -2.49. The number of carbonyl (C=O) groups is 1. The number of ether oxygens (including phenoxy) is 1. The molecule has 20 heavy (non-hydrogen) atoms. The summed E-state index contributed by atoms with van der Waals surface area (Å²) in [4.78, 5) is 12.0. The predicted octanol–water partition coefficient (Wildman–Crippen LogP) is 1.78. The third-order valence-corrected chi connectivity index (χ3v) is 4.43. The first kappa shape index (κ1) is 13.6. The first-order valence-electron chi connectivity index (χ1n) is 6.80. The van der Waals surface area contributed by atoms with Crippen LogP contribution in [0, 0.1) is 11.3 Å². The summed E-state index contributed by atoms with van der Waals surface area (Å²) >= 11 is 5.64. The fourth-order valence-corrected chi connectivity index (χ4v) is 3.09. The molecule has 2 fully saturated rings. The maximum Gasteiger partial charge on any atom is 0.241 e. The lowest BCUT2D eigenvalue weighted by Crippen LogP contribution is -2.49. The Morgan fingerprint density at radius 2 is 2.05 bits per heavy atom. The van der Waals surface area contributed by atoms with Crippen molar-refractivity contribution in [1.82, 2.24) is 15.6 Å². The van der Waals surface area contributed by atoms with Gasteiger partial charge in [-0.1, -0.05) is 11.6 Å². The summed E-state index contributed by atoms with van der Waals surface area (Å²) in [7, 11) is 0. The Bertz CT molecular complexity index is 480. The van der Waals surface area contributed by atoms with Gasteiger partial charge in [0, 0.05) is 19.1 Å². The summed E-state index contributed by atoms with van der Waals surface area (Å²) < 4.78 is 5.37. The highest BCUT2D eigenvalue weighted by Gasteiger charge is 2.47. The van der Waals surface area contributed by atoms with Crippen LogP contribution in [-0.2, 0) is 9.53 Å². The first-order chi connectivity index (χ1) is 9.67. The zero-order valence-corrected chi connectivity index (χ0v) is 11.8. The van der Waals surface area contributed by atoms with Crippen LogP contribution in [0.5, 0.6) is 0 Å². The molecule has 0 atom stereocenters. The molecule has 1 aromatic rings. The van der Waals surface area contributed by atoms with Crippen LogP contribution in [0.1, 0.15) is 25.7 Å². The number of hydrogen-bond donors (Lipinski definition) is 2. The molecule has 3 rings (SSSR count). The van der Waals surface area contributed by atoms with E-state index in [0.29, 0.717) is 16.4 Å². The first-order valence-corrected chi connectivity index (χ1v) is 7.18. The van der Waals surface area contributed by atoms with Gasteiger partial charge in [0.15, 0.2) is 11.0 Å². The van der Waals surface area contributed by atoms with Gasteiger partial charge in [-0.3, -0.25) is 15.6 Å². The van der Waals surface area contributed by atoms with Crippen LogP contribution in [0.3, 0.4) is 0 Å². The zero-order chi connectivity index (χ0) is 14.0. The van der Waals surface area contributed by atoms with Gasteiger partial charge < -0.3 is 4.74 Å². The molecule has 0 aromatic carbocycles. The molecule has 1 amide bonds. The second-order valence-corrected chi connectivity index (χ2v) is 5.96. The number of rotatable bonds is 3. The molecule has 0 bridgehead atoms. The van der Waals surface area contributed by atoms with Crippen LogP contribution in [0.15, 0.2) is 12.1 Å². The van der Waals surface area contributed by atoms with Gasteiger partial charge in [0.2, 0.25) is 5.91 Å². The van der Waals surface area contributed by atoms with Crippen molar-refractivity contribution in [2.24, 2.45) is 11.3 Å². The summed E-state index contributed by atoms with van der Waals surface area (Å²) in [5.41, 5.74) is 5.78. The fourth-order valence-electron chi connectivity index (χ4n) is 2.99. The molecule has 7 heteroatoms. The predicted molar refractivity (Wildman–Crippen MR) is 74.0 cm³/mol. The van der Waals surface area contributed by atoms with Crippen LogP contribution in [-0.4, -0.2) is 29.3 Å². The molecule has 1 aliphatic carbocycles. The minimum Gasteiger partial charge on any atom is -0.381 e. The molecule has 6 nitrogen and oxygen atoms in total. The lowest BCUT2D eigenvalue weighted by molar-refractivity contribution is -0.137. The number of hydrogen-bond acceptors (Lipinski definition) is 5. The van der Waals surface area contributed by atoms with Gasteiger partial charge in [-0.25, -0.2) is 0 Å². The second kappa shape index (κ2) is 5.54. The van der Waals surface area contributed by atoms with E-state index in [9.17, 15) is 4.79 Å². The van der Waals surface area contributed by atoms with E-state index in [1.807, 2.05) is 0 Å². The Morgan fingerprint density at radius 1 is 1.30 bits per heavy atom. The molecular weight excluding hydrogens is 280 g/mol. The average molecular weight is 297 g/mol. The van der Waals surface area contributed by atoms with Crippen molar-refractivity contribution in [1.29, 1.82) is 0 Å². The van der Waals surface area contributed by atoms with Crippen molar-refractivity contribution >= 4 is 23.3 Å². The normalized spacial score (nSPS) is 21.2.